The molecule has 2 rings (SSSR count). The average Bonchev–Trinajstić information content (AvgIpc) is 2.45. The van der Waals surface area contributed by atoms with Crippen molar-refractivity contribution in [1.29, 1.82) is 0 Å². The zero-order valence-electron chi connectivity index (χ0n) is 12.3. The van der Waals surface area contributed by atoms with Crippen LogP contribution in [0.1, 0.15) is 48.9 Å². The van der Waals surface area contributed by atoms with Crippen molar-refractivity contribution in [3.8, 4) is 0 Å². The largest absolute Gasteiger partial charge is 0.476 e. The van der Waals surface area contributed by atoms with E-state index in [-0.39, 0.29) is 18.2 Å². The van der Waals surface area contributed by atoms with Crippen LogP contribution >= 0.6 is 0 Å². The molecule has 3 N–H and O–H groups in total. The summed E-state index contributed by atoms with van der Waals surface area (Å²) >= 11 is 0. The molecule has 2 heterocycles. The fraction of sp³-hybridized carbons (Fsp3) is 0.643. The third-order valence-electron chi connectivity index (χ3n) is 3.56. The number of carboxylic acid groups (broad SMARTS) is 1. The van der Waals surface area contributed by atoms with Gasteiger partial charge in [-0.25, -0.2) is 14.8 Å². The standard InChI is InChI=1S/C14H21N3O4/c1-9(2)12-15-7-10(11(17-12)13(18)19)16-8-14(20)3-5-21-6-4-14/h7,9,16,20H,3-6,8H2,1-2H3,(H,18,19). The lowest BCUT2D eigenvalue weighted by Crippen LogP contribution is -2.42. The first kappa shape index (κ1) is 15.7. The molecule has 1 saturated heterocycles. The summed E-state index contributed by atoms with van der Waals surface area (Å²) in [4.78, 5) is 19.6. The van der Waals surface area contributed by atoms with Gasteiger partial charge in [0.15, 0.2) is 5.69 Å². The average molecular weight is 295 g/mol. The molecule has 1 fully saturated rings. The number of ether oxygens (including phenoxy) is 1. The topological polar surface area (TPSA) is 105 Å². The highest BCUT2D eigenvalue weighted by Gasteiger charge is 2.30. The van der Waals surface area contributed by atoms with E-state index in [0.717, 1.165) is 0 Å². The van der Waals surface area contributed by atoms with Crippen LogP contribution in [0.5, 0.6) is 0 Å². The zero-order valence-corrected chi connectivity index (χ0v) is 12.3. The van der Waals surface area contributed by atoms with E-state index in [0.29, 0.717) is 37.6 Å². The minimum Gasteiger partial charge on any atom is -0.476 e. The van der Waals surface area contributed by atoms with Gasteiger partial charge in [-0.1, -0.05) is 13.8 Å². The lowest BCUT2D eigenvalue weighted by atomic mass is 9.94. The van der Waals surface area contributed by atoms with Crippen LogP contribution in [0.4, 0.5) is 5.69 Å². The number of hydrogen-bond acceptors (Lipinski definition) is 6. The lowest BCUT2D eigenvalue weighted by Gasteiger charge is -2.32. The maximum atomic E-state index is 11.3. The summed E-state index contributed by atoms with van der Waals surface area (Å²) in [5.74, 6) is -0.569. The van der Waals surface area contributed by atoms with Crippen LogP contribution in [0.15, 0.2) is 6.20 Å². The van der Waals surface area contributed by atoms with Crippen molar-refractivity contribution in [2.24, 2.45) is 0 Å². The van der Waals surface area contributed by atoms with Crippen molar-refractivity contribution in [2.75, 3.05) is 25.1 Å². The maximum Gasteiger partial charge on any atom is 0.356 e. The van der Waals surface area contributed by atoms with Gasteiger partial charge in [0.2, 0.25) is 0 Å². The summed E-state index contributed by atoms with van der Waals surface area (Å²) in [7, 11) is 0. The molecule has 1 aromatic rings. The number of aromatic carboxylic acids is 1. The van der Waals surface area contributed by atoms with Gasteiger partial charge in [-0.3, -0.25) is 0 Å². The van der Waals surface area contributed by atoms with Gasteiger partial charge in [-0.2, -0.15) is 0 Å². The second kappa shape index (κ2) is 6.36. The number of carbonyl (C=O) groups is 1. The maximum absolute atomic E-state index is 11.3. The minimum atomic E-state index is -1.11. The monoisotopic (exact) mass is 295 g/mol. The number of hydrogen-bond donors (Lipinski definition) is 3. The Hall–Kier alpha value is -1.73. The molecule has 116 valence electrons. The molecule has 7 heteroatoms. The number of aliphatic hydroxyl groups is 1. The summed E-state index contributed by atoms with van der Waals surface area (Å²) in [6, 6.07) is 0. The molecular formula is C14H21N3O4. The Labute approximate surface area is 123 Å². The smallest absolute Gasteiger partial charge is 0.356 e. The fourth-order valence-electron chi connectivity index (χ4n) is 2.15. The third kappa shape index (κ3) is 3.89. The van der Waals surface area contributed by atoms with Gasteiger partial charge in [0.25, 0.3) is 0 Å². The highest BCUT2D eigenvalue weighted by Crippen LogP contribution is 2.22. The molecule has 0 amide bonds. The Morgan fingerprint density at radius 2 is 2.14 bits per heavy atom. The Morgan fingerprint density at radius 1 is 1.48 bits per heavy atom. The number of rotatable bonds is 5. The molecular weight excluding hydrogens is 274 g/mol. The van der Waals surface area contributed by atoms with E-state index in [1.54, 1.807) is 0 Å². The van der Waals surface area contributed by atoms with Crippen LogP contribution in [0, 0.1) is 0 Å². The molecule has 0 aromatic carbocycles. The van der Waals surface area contributed by atoms with E-state index < -0.39 is 11.6 Å². The quantitative estimate of drug-likeness (QED) is 0.751. The predicted molar refractivity (Wildman–Crippen MR) is 76.6 cm³/mol. The first-order valence-corrected chi connectivity index (χ1v) is 7.05. The molecule has 0 bridgehead atoms. The van der Waals surface area contributed by atoms with Gasteiger partial charge in [-0.05, 0) is 0 Å². The van der Waals surface area contributed by atoms with Crippen LogP contribution in [0.25, 0.3) is 0 Å². The van der Waals surface area contributed by atoms with Crippen LogP contribution in [0.2, 0.25) is 0 Å². The molecule has 21 heavy (non-hydrogen) atoms. The molecule has 1 aliphatic heterocycles. The number of anilines is 1. The Morgan fingerprint density at radius 3 is 2.71 bits per heavy atom. The molecule has 0 saturated carbocycles. The molecule has 1 aromatic heterocycles. The van der Waals surface area contributed by atoms with Gasteiger partial charge < -0.3 is 20.3 Å². The van der Waals surface area contributed by atoms with Gasteiger partial charge in [0.1, 0.15) is 5.82 Å². The van der Waals surface area contributed by atoms with Crippen LogP contribution in [-0.4, -0.2) is 51.5 Å². The molecule has 0 atom stereocenters. The third-order valence-corrected chi connectivity index (χ3v) is 3.56. The molecule has 0 radical (unpaired) electrons. The Kier molecular flexibility index (Phi) is 4.74. The second-order valence-electron chi connectivity index (χ2n) is 5.64. The van der Waals surface area contributed by atoms with E-state index in [1.165, 1.54) is 6.20 Å². The number of nitrogens with zero attached hydrogens (tertiary/aromatic N) is 2. The van der Waals surface area contributed by atoms with E-state index >= 15 is 0 Å². The SMILES string of the molecule is CC(C)c1ncc(NCC2(O)CCOCC2)c(C(=O)O)n1. The van der Waals surface area contributed by atoms with E-state index in [9.17, 15) is 15.0 Å². The Balaban J connectivity index is 2.13. The summed E-state index contributed by atoms with van der Waals surface area (Å²) in [5.41, 5.74) is -0.624. The van der Waals surface area contributed by atoms with Gasteiger partial charge in [-0.15, -0.1) is 0 Å². The number of aromatic nitrogens is 2. The fourth-order valence-corrected chi connectivity index (χ4v) is 2.15. The molecule has 0 spiro atoms. The van der Waals surface area contributed by atoms with Gasteiger partial charge >= 0.3 is 5.97 Å². The van der Waals surface area contributed by atoms with Crippen molar-refractivity contribution in [3.63, 3.8) is 0 Å². The molecule has 1 aliphatic rings. The van der Waals surface area contributed by atoms with Crippen molar-refractivity contribution >= 4 is 11.7 Å². The summed E-state index contributed by atoms with van der Waals surface area (Å²) < 4.78 is 5.21. The van der Waals surface area contributed by atoms with E-state index in [4.69, 9.17) is 4.74 Å². The van der Waals surface area contributed by atoms with Crippen LogP contribution in [-0.2, 0) is 4.74 Å². The normalized spacial score (nSPS) is 17.7. The van der Waals surface area contributed by atoms with Crippen molar-refractivity contribution in [3.05, 3.63) is 17.7 Å². The Bertz CT molecular complexity index is 513. The van der Waals surface area contributed by atoms with E-state index in [1.807, 2.05) is 13.8 Å². The second-order valence-corrected chi connectivity index (χ2v) is 5.64. The highest BCUT2D eigenvalue weighted by atomic mass is 16.5. The van der Waals surface area contributed by atoms with Gasteiger partial charge in [0, 0.05) is 38.5 Å². The molecule has 0 unspecified atom stereocenters. The predicted octanol–water partition coefficient (Wildman–Crippen LogP) is 1.25. The van der Waals surface area contributed by atoms with Crippen molar-refractivity contribution in [2.45, 2.75) is 38.2 Å². The summed E-state index contributed by atoms with van der Waals surface area (Å²) in [6.07, 6.45) is 2.51. The minimum absolute atomic E-state index is 0.0526. The first-order chi connectivity index (χ1) is 9.91. The number of carboxylic acids is 1. The highest BCUT2D eigenvalue weighted by molar-refractivity contribution is 5.91. The summed E-state index contributed by atoms with van der Waals surface area (Å²) in [6.45, 7) is 5.07. The summed E-state index contributed by atoms with van der Waals surface area (Å²) in [5, 5.41) is 22.6. The zero-order chi connectivity index (χ0) is 15.5. The first-order valence-electron chi connectivity index (χ1n) is 7.05. The molecule has 0 aliphatic carbocycles. The van der Waals surface area contributed by atoms with E-state index in [2.05, 4.69) is 15.3 Å². The molecule has 7 nitrogen and oxygen atoms in total. The van der Waals surface area contributed by atoms with Crippen LogP contribution < -0.4 is 5.32 Å². The number of nitrogens with one attached hydrogen (secondary N) is 1. The lowest BCUT2D eigenvalue weighted by molar-refractivity contribution is -0.0543. The van der Waals surface area contributed by atoms with Crippen molar-refractivity contribution in [1.82, 2.24) is 9.97 Å². The van der Waals surface area contributed by atoms with Gasteiger partial charge in [0.05, 0.1) is 17.5 Å². The van der Waals surface area contributed by atoms with Crippen LogP contribution in [0.3, 0.4) is 0 Å². The van der Waals surface area contributed by atoms with Crippen molar-refractivity contribution < 1.29 is 19.7 Å².